The number of aromatic amines is 1. The van der Waals surface area contributed by atoms with Crippen molar-refractivity contribution >= 4 is 22.8 Å². The molecule has 2 heterocycles. The highest BCUT2D eigenvalue weighted by Gasteiger charge is 2.22. The zero-order chi connectivity index (χ0) is 13.2. The molecule has 0 spiro atoms. The Morgan fingerprint density at radius 2 is 2.00 bits per heavy atom. The van der Waals surface area contributed by atoms with Crippen molar-refractivity contribution in [3.63, 3.8) is 0 Å². The number of para-hydroxylation sites is 1. The Kier molecular flexibility index (Phi) is 2.98. The molecule has 1 fully saturated rings. The first-order valence-corrected chi connectivity index (χ1v) is 6.44. The predicted octanol–water partition coefficient (Wildman–Crippen LogP) is 1.02. The monoisotopic (exact) mass is 259 g/mol. The molecule has 0 bridgehead atoms. The Morgan fingerprint density at radius 3 is 2.74 bits per heavy atom. The smallest absolute Gasteiger partial charge is 0.317 e. The van der Waals surface area contributed by atoms with Gasteiger partial charge in [0, 0.05) is 38.6 Å². The van der Waals surface area contributed by atoms with Crippen LogP contribution in [-0.4, -0.2) is 54.4 Å². The van der Waals surface area contributed by atoms with Crippen molar-refractivity contribution in [1.29, 1.82) is 0 Å². The van der Waals surface area contributed by atoms with E-state index in [0.717, 1.165) is 42.9 Å². The van der Waals surface area contributed by atoms with Crippen LogP contribution in [0.1, 0.15) is 0 Å². The van der Waals surface area contributed by atoms with Crippen molar-refractivity contribution in [2.75, 3.05) is 38.1 Å². The molecule has 0 aliphatic carbocycles. The lowest BCUT2D eigenvalue weighted by molar-refractivity contribution is 0.196. The minimum Gasteiger partial charge on any atom is -0.351 e. The lowest BCUT2D eigenvalue weighted by atomic mass is 10.2. The standard InChI is InChI=1S/C13H17N5O/c1-14-13(19)18-8-6-17(7-9-18)12-10-4-2-3-5-11(10)15-16-12/h2-5H,6-9H2,1H3,(H,14,19)(H,15,16). The molecule has 6 nitrogen and oxygen atoms in total. The molecule has 1 aliphatic rings. The van der Waals surface area contributed by atoms with Crippen LogP contribution in [0.2, 0.25) is 0 Å². The Labute approximate surface area is 111 Å². The summed E-state index contributed by atoms with van der Waals surface area (Å²) in [7, 11) is 1.66. The molecule has 1 aliphatic heterocycles. The number of rotatable bonds is 1. The first kappa shape index (κ1) is 11.8. The summed E-state index contributed by atoms with van der Waals surface area (Å²) >= 11 is 0. The summed E-state index contributed by atoms with van der Waals surface area (Å²) < 4.78 is 0. The molecule has 6 heteroatoms. The van der Waals surface area contributed by atoms with Crippen molar-refractivity contribution in [2.45, 2.75) is 0 Å². The van der Waals surface area contributed by atoms with E-state index < -0.39 is 0 Å². The number of benzene rings is 1. The summed E-state index contributed by atoms with van der Waals surface area (Å²) in [5, 5.41) is 11.2. The van der Waals surface area contributed by atoms with E-state index in [2.05, 4.69) is 26.5 Å². The maximum absolute atomic E-state index is 11.5. The van der Waals surface area contributed by atoms with E-state index in [9.17, 15) is 4.79 Å². The Morgan fingerprint density at radius 1 is 1.26 bits per heavy atom. The predicted molar refractivity (Wildman–Crippen MR) is 74.3 cm³/mol. The van der Waals surface area contributed by atoms with Crippen molar-refractivity contribution in [3.05, 3.63) is 24.3 Å². The molecule has 1 aromatic carbocycles. The molecule has 1 aromatic heterocycles. The number of fused-ring (bicyclic) bond motifs is 1. The lowest BCUT2D eigenvalue weighted by Gasteiger charge is -2.34. The number of nitrogens with one attached hydrogen (secondary N) is 2. The molecular formula is C13H17N5O. The van der Waals surface area contributed by atoms with Crippen molar-refractivity contribution in [1.82, 2.24) is 20.4 Å². The van der Waals surface area contributed by atoms with Crippen LogP contribution in [0.25, 0.3) is 10.9 Å². The van der Waals surface area contributed by atoms with E-state index in [0.29, 0.717) is 0 Å². The van der Waals surface area contributed by atoms with Crippen LogP contribution in [-0.2, 0) is 0 Å². The van der Waals surface area contributed by atoms with E-state index in [1.807, 2.05) is 23.1 Å². The van der Waals surface area contributed by atoms with Crippen molar-refractivity contribution in [2.24, 2.45) is 0 Å². The van der Waals surface area contributed by atoms with Gasteiger partial charge >= 0.3 is 6.03 Å². The van der Waals surface area contributed by atoms with Gasteiger partial charge in [-0.2, -0.15) is 5.10 Å². The average Bonchev–Trinajstić information content (AvgIpc) is 2.90. The molecule has 0 radical (unpaired) electrons. The molecule has 100 valence electrons. The van der Waals surface area contributed by atoms with Gasteiger partial charge in [-0.15, -0.1) is 0 Å². The first-order chi connectivity index (χ1) is 9.29. The summed E-state index contributed by atoms with van der Waals surface area (Å²) in [5.74, 6) is 0.979. The zero-order valence-corrected chi connectivity index (χ0v) is 10.9. The number of amides is 2. The maximum atomic E-state index is 11.5. The van der Waals surface area contributed by atoms with Crippen LogP contribution in [0.15, 0.2) is 24.3 Å². The van der Waals surface area contributed by atoms with Crippen LogP contribution < -0.4 is 10.2 Å². The van der Waals surface area contributed by atoms with Gasteiger partial charge in [-0.25, -0.2) is 4.79 Å². The van der Waals surface area contributed by atoms with E-state index in [1.54, 1.807) is 7.05 Å². The SMILES string of the molecule is CNC(=O)N1CCN(c2n[nH]c3ccccc23)CC1. The van der Waals surface area contributed by atoms with Gasteiger partial charge in [0.05, 0.1) is 5.52 Å². The number of hydrogen-bond acceptors (Lipinski definition) is 3. The molecular weight excluding hydrogens is 242 g/mol. The molecule has 0 unspecified atom stereocenters. The quantitative estimate of drug-likeness (QED) is 0.804. The molecule has 1 saturated heterocycles. The summed E-state index contributed by atoms with van der Waals surface area (Å²) in [6, 6.07) is 8.09. The van der Waals surface area contributed by atoms with E-state index in [1.165, 1.54) is 0 Å². The molecule has 2 aromatic rings. The lowest BCUT2D eigenvalue weighted by Crippen LogP contribution is -2.51. The van der Waals surface area contributed by atoms with Gasteiger partial charge in [-0.3, -0.25) is 5.10 Å². The first-order valence-electron chi connectivity index (χ1n) is 6.44. The van der Waals surface area contributed by atoms with Crippen molar-refractivity contribution < 1.29 is 4.79 Å². The van der Waals surface area contributed by atoms with Crippen LogP contribution in [0.3, 0.4) is 0 Å². The fourth-order valence-corrected chi connectivity index (χ4v) is 2.47. The minimum atomic E-state index is -0.00784. The van der Waals surface area contributed by atoms with Gasteiger partial charge in [-0.05, 0) is 12.1 Å². The topological polar surface area (TPSA) is 64.3 Å². The summed E-state index contributed by atoms with van der Waals surface area (Å²) in [6.07, 6.45) is 0. The summed E-state index contributed by atoms with van der Waals surface area (Å²) in [4.78, 5) is 15.6. The third-order valence-corrected chi connectivity index (χ3v) is 3.53. The average molecular weight is 259 g/mol. The Balaban J connectivity index is 1.77. The number of aromatic nitrogens is 2. The van der Waals surface area contributed by atoms with Gasteiger partial charge in [-0.1, -0.05) is 12.1 Å². The van der Waals surface area contributed by atoms with E-state index in [4.69, 9.17) is 0 Å². The van der Waals surface area contributed by atoms with Gasteiger partial charge in [0.15, 0.2) is 5.82 Å². The number of nitrogens with zero attached hydrogens (tertiary/aromatic N) is 3. The fraction of sp³-hybridized carbons (Fsp3) is 0.385. The van der Waals surface area contributed by atoms with Crippen LogP contribution >= 0.6 is 0 Å². The number of urea groups is 1. The van der Waals surface area contributed by atoms with Crippen LogP contribution in [0.4, 0.5) is 10.6 Å². The maximum Gasteiger partial charge on any atom is 0.317 e. The van der Waals surface area contributed by atoms with E-state index in [-0.39, 0.29) is 6.03 Å². The highest BCUT2D eigenvalue weighted by atomic mass is 16.2. The van der Waals surface area contributed by atoms with Crippen molar-refractivity contribution in [3.8, 4) is 0 Å². The third kappa shape index (κ3) is 2.09. The second-order valence-corrected chi connectivity index (χ2v) is 4.62. The largest absolute Gasteiger partial charge is 0.351 e. The number of hydrogen-bond donors (Lipinski definition) is 2. The van der Waals surface area contributed by atoms with Gasteiger partial charge in [0.1, 0.15) is 0 Å². The number of H-pyrrole nitrogens is 1. The van der Waals surface area contributed by atoms with Crippen LogP contribution in [0, 0.1) is 0 Å². The third-order valence-electron chi connectivity index (χ3n) is 3.53. The number of carbonyl (C=O) groups excluding carboxylic acids is 1. The molecule has 19 heavy (non-hydrogen) atoms. The molecule has 3 rings (SSSR count). The highest BCUT2D eigenvalue weighted by molar-refractivity contribution is 5.90. The molecule has 2 amide bonds. The summed E-state index contributed by atoms with van der Waals surface area (Å²) in [6.45, 7) is 3.06. The van der Waals surface area contributed by atoms with Gasteiger partial charge in [0.2, 0.25) is 0 Å². The highest BCUT2D eigenvalue weighted by Crippen LogP contribution is 2.24. The number of anilines is 1. The number of carbonyl (C=O) groups is 1. The fourth-order valence-electron chi connectivity index (χ4n) is 2.47. The molecule has 2 N–H and O–H groups in total. The Hall–Kier alpha value is -2.24. The Bertz CT molecular complexity index is 585. The molecule has 0 saturated carbocycles. The van der Waals surface area contributed by atoms with Crippen LogP contribution in [0.5, 0.6) is 0 Å². The van der Waals surface area contributed by atoms with E-state index >= 15 is 0 Å². The normalized spacial score (nSPS) is 15.8. The number of piperazine rings is 1. The second kappa shape index (κ2) is 4.79. The zero-order valence-electron chi connectivity index (χ0n) is 10.9. The van der Waals surface area contributed by atoms with Gasteiger partial charge < -0.3 is 15.1 Å². The summed E-state index contributed by atoms with van der Waals surface area (Å²) in [5.41, 5.74) is 1.05. The molecule has 0 atom stereocenters. The van der Waals surface area contributed by atoms with Gasteiger partial charge in [0.25, 0.3) is 0 Å². The second-order valence-electron chi connectivity index (χ2n) is 4.62. The minimum absolute atomic E-state index is 0.00784.